The second-order valence-electron chi connectivity index (χ2n) is 2.73. The van der Waals surface area contributed by atoms with Crippen molar-refractivity contribution in [1.29, 1.82) is 0 Å². The van der Waals surface area contributed by atoms with Crippen molar-refractivity contribution < 1.29 is 18.0 Å². The molecule has 90 valence electrons. The average molecular weight is 254 g/mol. The number of nitrogens with zero attached hydrogens (tertiary/aromatic N) is 2. The maximum Gasteiger partial charge on any atom is 0.452 e. The quantitative estimate of drug-likeness (QED) is 0.844. The lowest BCUT2D eigenvalue weighted by Gasteiger charge is -2.02. The van der Waals surface area contributed by atoms with Crippen LogP contribution in [-0.4, -0.2) is 28.4 Å². The summed E-state index contributed by atoms with van der Waals surface area (Å²) < 4.78 is 39.4. The summed E-state index contributed by atoms with van der Waals surface area (Å²) in [5.74, 6) is -1.51. The zero-order valence-corrected chi connectivity index (χ0v) is 9.08. The molecule has 1 aromatic rings. The highest BCUT2D eigenvalue weighted by Crippen LogP contribution is 2.28. The van der Waals surface area contributed by atoms with Crippen LogP contribution in [0.15, 0.2) is 0 Å². The normalized spacial score (nSPS) is 11.2. The third kappa shape index (κ3) is 3.65. The van der Waals surface area contributed by atoms with E-state index in [1.807, 2.05) is 0 Å². The first-order valence-corrected chi connectivity index (χ1v) is 5.12. The van der Waals surface area contributed by atoms with E-state index in [-0.39, 0.29) is 17.6 Å². The Bertz CT molecular complexity index is 365. The van der Waals surface area contributed by atoms with E-state index in [2.05, 4.69) is 20.0 Å². The zero-order chi connectivity index (χ0) is 12.2. The number of anilines is 1. The fraction of sp³-hybridized carbons (Fsp3) is 0.571. The Morgan fingerprint density at radius 2 is 2.19 bits per heavy atom. The topological polar surface area (TPSA) is 66.9 Å². The number of carbonyl (C=O) groups excluding carboxylic acids is 1. The van der Waals surface area contributed by atoms with Crippen LogP contribution >= 0.6 is 11.5 Å². The van der Waals surface area contributed by atoms with Crippen molar-refractivity contribution in [3.8, 4) is 0 Å². The maximum absolute atomic E-state index is 12.1. The molecule has 2 N–H and O–H groups in total. The summed E-state index contributed by atoms with van der Waals surface area (Å²) >= 11 is 0.564. The van der Waals surface area contributed by atoms with Gasteiger partial charge in [0, 0.05) is 18.1 Å². The number of hydrogen-bond acceptors (Lipinski definition) is 5. The van der Waals surface area contributed by atoms with E-state index in [0.29, 0.717) is 18.1 Å². The van der Waals surface area contributed by atoms with E-state index in [4.69, 9.17) is 0 Å². The number of likely N-dealkylation sites (N-methyl/N-ethyl adjacent to an activating group) is 1. The molecule has 0 radical (unpaired) electrons. The molecule has 0 saturated heterocycles. The molecule has 1 amide bonds. The Morgan fingerprint density at radius 3 is 2.69 bits per heavy atom. The Morgan fingerprint density at radius 1 is 1.50 bits per heavy atom. The molecule has 0 aliphatic rings. The van der Waals surface area contributed by atoms with E-state index in [1.165, 1.54) is 0 Å². The smallest absolute Gasteiger partial charge is 0.355 e. The SMILES string of the molecule is CCNC(=O)CNc1nc(C(F)(F)F)ns1. The number of aromatic nitrogens is 2. The first kappa shape index (κ1) is 12.7. The molecule has 0 aromatic carbocycles. The molecular weight excluding hydrogens is 245 g/mol. The Hall–Kier alpha value is -1.38. The van der Waals surface area contributed by atoms with Gasteiger partial charge in [-0.05, 0) is 6.92 Å². The van der Waals surface area contributed by atoms with Crippen LogP contribution in [0.1, 0.15) is 12.7 Å². The van der Waals surface area contributed by atoms with Crippen molar-refractivity contribution in [2.24, 2.45) is 0 Å². The number of halogens is 3. The van der Waals surface area contributed by atoms with Crippen LogP contribution in [0.2, 0.25) is 0 Å². The first-order valence-electron chi connectivity index (χ1n) is 4.35. The highest BCUT2D eigenvalue weighted by Gasteiger charge is 2.36. The van der Waals surface area contributed by atoms with E-state index in [9.17, 15) is 18.0 Å². The average Bonchev–Trinajstić information content (AvgIpc) is 2.63. The van der Waals surface area contributed by atoms with Crippen LogP contribution in [0.25, 0.3) is 0 Å². The van der Waals surface area contributed by atoms with E-state index < -0.39 is 12.0 Å². The molecule has 0 aliphatic heterocycles. The number of nitrogens with one attached hydrogen (secondary N) is 2. The van der Waals surface area contributed by atoms with Gasteiger partial charge in [-0.2, -0.15) is 22.5 Å². The molecule has 0 fully saturated rings. The Labute approximate surface area is 93.2 Å². The molecular formula is C7H9F3N4OS. The van der Waals surface area contributed by atoms with Gasteiger partial charge >= 0.3 is 6.18 Å². The van der Waals surface area contributed by atoms with Crippen LogP contribution in [0, 0.1) is 0 Å². The number of rotatable bonds is 4. The third-order valence-corrected chi connectivity index (χ3v) is 2.13. The van der Waals surface area contributed by atoms with Gasteiger partial charge in [0.1, 0.15) is 0 Å². The molecule has 0 spiro atoms. The second kappa shape index (κ2) is 5.10. The van der Waals surface area contributed by atoms with Crippen molar-refractivity contribution in [2.75, 3.05) is 18.4 Å². The van der Waals surface area contributed by atoms with Crippen molar-refractivity contribution in [3.05, 3.63) is 5.82 Å². The van der Waals surface area contributed by atoms with Gasteiger partial charge in [0.2, 0.25) is 16.9 Å². The summed E-state index contributed by atoms with van der Waals surface area (Å²) in [7, 11) is 0. The van der Waals surface area contributed by atoms with Crippen LogP contribution in [0.5, 0.6) is 0 Å². The van der Waals surface area contributed by atoms with Crippen LogP contribution in [0.3, 0.4) is 0 Å². The molecule has 1 rings (SSSR count). The third-order valence-electron chi connectivity index (χ3n) is 1.45. The van der Waals surface area contributed by atoms with Crippen molar-refractivity contribution in [2.45, 2.75) is 13.1 Å². The molecule has 16 heavy (non-hydrogen) atoms. The molecule has 1 aromatic heterocycles. The zero-order valence-electron chi connectivity index (χ0n) is 8.26. The minimum atomic E-state index is -4.55. The standard InChI is InChI=1S/C7H9F3N4OS/c1-2-11-4(15)3-12-6-13-5(14-16-6)7(8,9)10/h2-3H2,1H3,(H,11,15)(H,12,13,14). The molecule has 1 heterocycles. The van der Waals surface area contributed by atoms with Crippen molar-refractivity contribution in [3.63, 3.8) is 0 Å². The summed E-state index contributed by atoms with van der Waals surface area (Å²) in [6.45, 7) is 2.08. The molecule has 0 saturated carbocycles. The number of alkyl halides is 3. The van der Waals surface area contributed by atoms with Gasteiger partial charge in [0.25, 0.3) is 0 Å². The highest BCUT2D eigenvalue weighted by molar-refractivity contribution is 7.09. The van der Waals surface area contributed by atoms with Crippen molar-refractivity contribution >= 4 is 22.6 Å². The Balaban J connectivity index is 2.50. The van der Waals surface area contributed by atoms with Crippen molar-refractivity contribution in [1.82, 2.24) is 14.7 Å². The number of carbonyl (C=O) groups is 1. The lowest BCUT2D eigenvalue weighted by Crippen LogP contribution is -2.29. The molecule has 9 heteroatoms. The molecule has 0 atom stereocenters. The first-order chi connectivity index (χ1) is 7.43. The maximum atomic E-state index is 12.1. The largest absolute Gasteiger partial charge is 0.452 e. The van der Waals surface area contributed by atoms with Crippen LogP contribution in [0.4, 0.5) is 18.3 Å². The van der Waals surface area contributed by atoms with Crippen LogP contribution < -0.4 is 10.6 Å². The van der Waals surface area contributed by atoms with Gasteiger partial charge < -0.3 is 10.6 Å². The molecule has 0 bridgehead atoms. The van der Waals surface area contributed by atoms with E-state index in [0.717, 1.165) is 0 Å². The van der Waals surface area contributed by atoms with Crippen LogP contribution in [-0.2, 0) is 11.0 Å². The summed E-state index contributed by atoms with van der Waals surface area (Å²) in [6.07, 6.45) is -4.55. The number of hydrogen-bond donors (Lipinski definition) is 2. The minimum absolute atomic E-state index is 0.0291. The summed E-state index contributed by atoms with van der Waals surface area (Å²) in [5.41, 5.74) is 0. The molecule has 0 aliphatic carbocycles. The lowest BCUT2D eigenvalue weighted by molar-refractivity contribution is -0.144. The molecule has 0 unspecified atom stereocenters. The number of amides is 1. The summed E-state index contributed by atoms with van der Waals surface area (Å²) in [4.78, 5) is 14.2. The summed E-state index contributed by atoms with van der Waals surface area (Å²) in [5, 5.41) is 4.91. The van der Waals surface area contributed by atoms with E-state index in [1.54, 1.807) is 6.92 Å². The van der Waals surface area contributed by atoms with Gasteiger partial charge in [-0.15, -0.1) is 0 Å². The molecule has 5 nitrogen and oxygen atoms in total. The fourth-order valence-electron chi connectivity index (χ4n) is 0.826. The predicted molar refractivity (Wildman–Crippen MR) is 52.1 cm³/mol. The summed E-state index contributed by atoms with van der Waals surface area (Å²) in [6, 6.07) is 0. The van der Waals surface area contributed by atoms with Gasteiger partial charge in [-0.1, -0.05) is 0 Å². The monoisotopic (exact) mass is 254 g/mol. The second-order valence-corrected chi connectivity index (χ2v) is 3.48. The highest BCUT2D eigenvalue weighted by atomic mass is 32.1. The predicted octanol–water partition coefficient (Wildman–Crippen LogP) is 1.10. The minimum Gasteiger partial charge on any atom is -0.355 e. The van der Waals surface area contributed by atoms with Gasteiger partial charge in [-0.25, -0.2) is 0 Å². The fourth-order valence-corrected chi connectivity index (χ4v) is 1.41. The van der Waals surface area contributed by atoms with Gasteiger partial charge in [0.05, 0.1) is 6.54 Å². The Kier molecular flexibility index (Phi) is 4.05. The van der Waals surface area contributed by atoms with Gasteiger partial charge in [0.15, 0.2) is 0 Å². The lowest BCUT2D eigenvalue weighted by atomic mass is 10.5. The van der Waals surface area contributed by atoms with Gasteiger partial charge in [-0.3, -0.25) is 4.79 Å². The van der Waals surface area contributed by atoms with E-state index >= 15 is 0 Å².